The van der Waals surface area contributed by atoms with Crippen LogP contribution in [0.4, 0.5) is 0 Å². The summed E-state index contributed by atoms with van der Waals surface area (Å²) >= 11 is 0. The predicted octanol–water partition coefficient (Wildman–Crippen LogP) is 4.29. The van der Waals surface area contributed by atoms with Gasteiger partial charge >= 0.3 is 0 Å². The molecular weight excluding hydrogens is 194 g/mol. The lowest BCUT2D eigenvalue weighted by Gasteiger charge is -2.14. The highest BCUT2D eigenvalue weighted by molar-refractivity contribution is 5.39. The average Bonchev–Trinajstić information content (AvgIpc) is 2.76. The average molecular weight is 219 g/mol. The van der Waals surface area contributed by atoms with E-state index in [-0.39, 0.29) is 0 Å². The van der Waals surface area contributed by atoms with Gasteiger partial charge in [0, 0.05) is 19.8 Å². The summed E-state index contributed by atoms with van der Waals surface area (Å²) in [7, 11) is 2.17. The summed E-state index contributed by atoms with van der Waals surface area (Å²) in [5, 5.41) is 0. The van der Waals surface area contributed by atoms with Gasteiger partial charge in [-0.1, -0.05) is 63.3 Å². The molecule has 0 saturated carbocycles. The minimum Gasteiger partial charge on any atom is -0.380 e. The van der Waals surface area contributed by atoms with E-state index >= 15 is 0 Å². The van der Waals surface area contributed by atoms with Crippen LogP contribution in [-0.4, -0.2) is 18.5 Å². The number of hydrogen-bond donors (Lipinski definition) is 0. The smallest absolute Gasteiger partial charge is 0.0169 e. The number of unbranched alkanes of at least 4 members (excludes halogenated alkanes) is 5. The largest absolute Gasteiger partial charge is 0.380 e. The fraction of sp³-hybridized carbons (Fsp3) is 0.600. The maximum atomic E-state index is 2.30. The summed E-state index contributed by atoms with van der Waals surface area (Å²) in [6.07, 6.45) is 18.9. The Morgan fingerprint density at radius 3 is 2.31 bits per heavy atom. The zero-order chi connectivity index (χ0) is 11.6. The van der Waals surface area contributed by atoms with Gasteiger partial charge in [0.1, 0.15) is 0 Å². The third kappa shape index (κ3) is 5.79. The standard InChI is InChI=1S/C15H25N/c1-3-4-5-6-7-10-13-16(2)14-15-11-8-9-12-15/h8-9,11-12,14H,3-7,10,13H2,1-2H3. The molecule has 0 saturated heterocycles. The first kappa shape index (κ1) is 13.1. The second-order valence-electron chi connectivity index (χ2n) is 4.60. The molecule has 0 radical (unpaired) electrons. The second-order valence-corrected chi connectivity index (χ2v) is 4.60. The van der Waals surface area contributed by atoms with Crippen molar-refractivity contribution in [1.29, 1.82) is 0 Å². The van der Waals surface area contributed by atoms with Crippen LogP contribution in [0.15, 0.2) is 36.1 Å². The van der Waals surface area contributed by atoms with Gasteiger partial charge in [-0.15, -0.1) is 0 Å². The van der Waals surface area contributed by atoms with E-state index in [0.29, 0.717) is 0 Å². The van der Waals surface area contributed by atoms with Crippen molar-refractivity contribution in [3.63, 3.8) is 0 Å². The molecular formula is C15H25N. The predicted molar refractivity (Wildman–Crippen MR) is 72.4 cm³/mol. The first-order valence-electron chi connectivity index (χ1n) is 6.59. The molecule has 0 N–H and O–H groups in total. The highest BCUT2D eigenvalue weighted by Gasteiger charge is 1.96. The molecule has 1 heteroatoms. The van der Waals surface area contributed by atoms with Crippen molar-refractivity contribution in [2.24, 2.45) is 0 Å². The lowest BCUT2D eigenvalue weighted by molar-refractivity contribution is 0.427. The van der Waals surface area contributed by atoms with Crippen LogP contribution in [0.2, 0.25) is 0 Å². The van der Waals surface area contributed by atoms with E-state index in [9.17, 15) is 0 Å². The molecule has 0 bridgehead atoms. The van der Waals surface area contributed by atoms with Crippen LogP contribution in [-0.2, 0) is 0 Å². The Kier molecular flexibility index (Phi) is 6.71. The molecule has 0 aromatic carbocycles. The molecule has 1 aliphatic rings. The van der Waals surface area contributed by atoms with Gasteiger partial charge in [-0.2, -0.15) is 0 Å². The molecule has 1 nitrogen and oxygen atoms in total. The number of nitrogens with zero attached hydrogens (tertiary/aromatic N) is 1. The topological polar surface area (TPSA) is 3.24 Å². The molecule has 1 aliphatic carbocycles. The van der Waals surface area contributed by atoms with E-state index in [1.165, 1.54) is 50.6 Å². The summed E-state index contributed by atoms with van der Waals surface area (Å²) in [5.74, 6) is 0. The van der Waals surface area contributed by atoms with Gasteiger partial charge in [0.05, 0.1) is 0 Å². The summed E-state index contributed by atoms with van der Waals surface area (Å²) in [5.41, 5.74) is 1.31. The lowest BCUT2D eigenvalue weighted by atomic mass is 10.1. The molecule has 16 heavy (non-hydrogen) atoms. The van der Waals surface area contributed by atoms with Crippen LogP contribution in [0, 0.1) is 0 Å². The Hall–Kier alpha value is -0.980. The number of hydrogen-bond acceptors (Lipinski definition) is 1. The van der Waals surface area contributed by atoms with E-state index in [0.717, 1.165) is 0 Å². The zero-order valence-corrected chi connectivity index (χ0v) is 10.8. The second kappa shape index (κ2) is 8.20. The first-order chi connectivity index (χ1) is 7.83. The van der Waals surface area contributed by atoms with Gasteiger partial charge in [-0.3, -0.25) is 0 Å². The van der Waals surface area contributed by atoms with Gasteiger partial charge in [0.15, 0.2) is 0 Å². The molecule has 90 valence electrons. The van der Waals surface area contributed by atoms with Crippen LogP contribution < -0.4 is 0 Å². The Bertz CT molecular complexity index is 247. The Labute approximate surface area is 101 Å². The van der Waals surface area contributed by atoms with Crippen molar-refractivity contribution in [1.82, 2.24) is 4.90 Å². The molecule has 0 aliphatic heterocycles. The van der Waals surface area contributed by atoms with Crippen molar-refractivity contribution >= 4 is 0 Å². The van der Waals surface area contributed by atoms with Crippen LogP contribution in [0.5, 0.6) is 0 Å². The number of allylic oxidation sites excluding steroid dienone is 5. The van der Waals surface area contributed by atoms with Gasteiger partial charge in [-0.25, -0.2) is 0 Å². The van der Waals surface area contributed by atoms with Crippen molar-refractivity contribution in [2.45, 2.75) is 45.4 Å². The molecule has 0 amide bonds. The molecule has 0 fully saturated rings. The van der Waals surface area contributed by atoms with Crippen LogP contribution in [0.25, 0.3) is 0 Å². The Balaban J connectivity index is 2.02. The minimum atomic E-state index is 1.18. The normalized spacial score (nSPS) is 13.5. The van der Waals surface area contributed by atoms with Gasteiger partial charge in [-0.05, 0) is 12.0 Å². The Morgan fingerprint density at radius 2 is 1.62 bits per heavy atom. The quantitative estimate of drug-likeness (QED) is 0.550. The van der Waals surface area contributed by atoms with Crippen molar-refractivity contribution < 1.29 is 0 Å². The molecule has 0 heterocycles. The molecule has 1 rings (SSSR count). The highest BCUT2D eigenvalue weighted by Crippen LogP contribution is 2.09. The molecule has 0 aromatic rings. The zero-order valence-electron chi connectivity index (χ0n) is 10.8. The molecule has 0 spiro atoms. The van der Waals surface area contributed by atoms with Gasteiger partial charge < -0.3 is 4.90 Å². The fourth-order valence-electron chi connectivity index (χ4n) is 1.94. The van der Waals surface area contributed by atoms with Crippen molar-refractivity contribution in [2.75, 3.05) is 13.6 Å². The molecule has 0 atom stereocenters. The third-order valence-electron chi connectivity index (χ3n) is 2.92. The maximum Gasteiger partial charge on any atom is 0.0169 e. The number of rotatable bonds is 8. The van der Waals surface area contributed by atoms with Crippen molar-refractivity contribution in [3.05, 3.63) is 36.1 Å². The first-order valence-corrected chi connectivity index (χ1v) is 6.59. The highest BCUT2D eigenvalue weighted by atomic mass is 15.1. The van der Waals surface area contributed by atoms with Crippen LogP contribution >= 0.6 is 0 Å². The fourth-order valence-corrected chi connectivity index (χ4v) is 1.94. The SMILES string of the molecule is CCCCCCCCN(C)C=C1C=CC=C1. The summed E-state index contributed by atoms with van der Waals surface area (Å²) in [4.78, 5) is 2.30. The van der Waals surface area contributed by atoms with Crippen molar-refractivity contribution in [3.8, 4) is 0 Å². The van der Waals surface area contributed by atoms with E-state index in [1.54, 1.807) is 0 Å². The maximum absolute atomic E-state index is 2.30. The van der Waals surface area contributed by atoms with E-state index in [4.69, 9.17) is 0 Å². The van der Waals surface area contributed by atoms with E-state index in [2.05, 4.69) is 49.4 Å². The third-order valence-corrected chi connectivity index (χ3v) is 2.92. The van der Waals surface area contributed by atoms with Crippen LogP contribution in [0.3, 0.4) is 0 Å². The minimum absolute atomic E-state index is 1.18. The molecule has 0 aromatic heterocycles. The van der Waals surface area contributed by atoms with Crippen LogP contribution in [0.1, 0.15) is 45.4 Å². The van der Waals surface area contributed by atoms with E-state index in [1.807, 2.05) is 0 Å². The van der Waals surface area contributed by atoms with Gasteiger partial charge in [0.2, 0.25) is 0 Å². The summed E-state index contributed by atoms with van der Waals surface area (Å²) < 4.78 is 0. The van der Waals surface area contributed by atoms with Gasteiger partial charge in [0.25, 0.3) is 0 Å². The molecule has 0 unspecified atom stereocenters. The Morgan fingerprint density at radius 1 is 1.00 bits per heavy atom. The summed E-state index contributed by atoms with van der Waals surface area (Å²) in [6.45, 7) is 3.44. The summed E-state index contributed by atoms with van der Waals surface area (Å²) in [6, 6.07) is 0. The lowest BCUT2D eigenvalue weighted by Crippen LogP contribution is -2.12. The monoisotopic (exact) mass is 219 g/mol. The van der Waals surface area contributed by atoms with E-state index < -0.39 is 0 Å².